The zero-order chi connectivity index (χ0) is 36.5. The second-order valence-electron chi connectivity index (χ2n) is 13.9. The molecule has 0 spiro atoms. The number of ether oxygens (including phenoxy) is 2. The van der Waals surface area contributed by atoms with Crippen molar-refractivity contribution in [3.8, 4) is 11.5 Å². The average molecular weight is 676 g/mol. The van der Waals surface area contributed by atoms with Gasteiger partial charge in [0.1, 0.15) is 40.8 Å². The molecule has 11 nitrogen and oxygen atoms in total. The number of aromatic hydroxyl groups is 2. The van der Waals surface area contributed by atoms with Crippen molar-refractivity contribution in [1.82, 2.24) is 15.5 Å². The van der Waals surface area contributed by atoms with Gasteiger partial charge in [-0.1, -0.05) is 48.5 Å². The van der Waals surface area contributed by atoms with Crippen molar-refractivity contribution < 1.29 is 38.9 Å². The van der Waals surface area contributed by atoms with Crippen LogP contribution in [-0.2, 0) is 36.7 Å². The molecule has 4 N–H and O–H groups in total. The first kappa shape index (κ1) is 38.4. The summed E-state index contributed by atoms with van der Waals surface area (Å²) in [6.07, 6.45) is -0.672. The van der Waals surface area contributed by atoms with E-state index in [9.17, 15) is 29.4 Å². The highest BCUT2D eigenvalue weighted by Gasteiger charge is 2.38. The summed E-state index contributed by atoms with van der Waals surface area (Å²) in [5.41, 5.74) is 0.602. The number of esters is 1. The van der Waals surface area contributed by atoms with E-state index >= 15 is 0 Å². The number of hydrogen-bond acceptors (Lipinski definition) is 8. The van der Waals surface area contributed by atoms with Gasteiger partial charge in [-0.05, 0) is 102 Å². The molecule has 0 heterocycles. The van der Waals surface area contributed by atoms with Gasteiger partial charge in [0.25, 0.3) is 0 Å². The number of rotatable bonds is 12. The molecule has 11 heteroatoms. The topological polar surface area (TPSA) is 154 Å². The van der Waals surface area contributed by atoms with Gasteiger partial charge in [0.15, 0.2) is 0 Å². The Balaban J connectivity index is 2.07. The molecular weight excluding hydrogens is 626 g/mol. The predicted octanol–water partition coefficient (Wildman–Crippen LogP) is 5.50. The Morgan fingerprint density at radius 1 is 0.755 bits per heavy atom. The van der Waals surface area contributed by atoms with Crippen LogP contribution in [0.15, 0.2) is 72.8 Å². The molecule has 0 bridgehead atoms. The first-order chi connectivity index (χ1) is 22.9. The third-order valence-corrected chi connectivity index (χ3v) is 7.38. The summed E-state index contributed by atoms with van der Waals surface area (Å²) in [5.74, 6) is -1.85. The summed E-state index contributed by atoms with van der Waals surface area (Å²) in [4.78, 5) is 56.7. The van der Waals surface area contributed by atoms with E-state index in [2.05, 4.69) is 10.6 Å². The van der Waals surface area contributed by atoms with Gasteiger partial charge >= 0.3 is 12.1 Å². The van der Waals surface area contributed by atoms with Gasteiger partial charge in [0.05, 0.1) is 0 Å². The number of likely N-dealkylation sites (N-methyl/N-ethyl adjacent to an activating group) is 1. The molecule has 0 radical (unpaired) electrons. The van der Waals surface area contributed by atoms with E-state index in [4.69, 9.17) is 9.47 Å². The normalized spacial score (nSPS) is 13.4. The fourth-order valence-corrected chi connectivity index (χ4v) is 5.17. The van der Waals surface area contributed by atoms with Crippen molar-refractivity contribution >= 4 is 23.9 Å². The van der Waals surface area contributed by atoms with Crippen molar-refractivity contribution in [3.63, 3.8) is 0 Å². The summed E-state index contributed by atoms with van der Waals surface area (Å²) in [6, 6.07) is 16.4. The SMILES string of the molecule is CCN(C(=O)C(Cc1ccc(O)cc1)NC(=O)OC(C)(C)C)C(C(=O)NC(Cc1ccccc1)C(=O)OC(C)(C)C)c1ccc(O)c(C)c1. The molecule has 0 saturated carbocycles. The van der Waals surface area contributed by atoms with Gasteiger partial charge in [-0.2, -0.15) is 0 Å². The van der Waals surface area contributed by atoms with E-state index in [0.717, 1.165) is 5.56 Å². The number of phenols is 2. The second-order valence-corrected chi connectivity index (χ2v) is 13.9. The van der Waals surface area contributed by atoms with Crippen LogP contribution < -0.4 is 10.6 Å². The van der Waals surface area contributed by atoms with Crippen molar-refractivity contribution in [3.05, 3.63) is 95.1 Å². The molecule has 3 aromatic rings. The highest BCUT2D eigenvalue weighted by atomic mass is 16.6. The molecule has 0 aliphatic rings. The Morgan fingerprint density at radius 2 is 1.33 bits per heavy atom. The molecular formula is C38H49N3O8. The highest BCUT2D eigenvalue weighted by molar-refractivity contribution is 5.94. The van der Waals surface area contributed by atoms with E-state index in [-0.39, 0.29) is 30.9 Å². The number of aryl methyl sites for hydroxylation is 1. The van der Waals surface area contributed by atoms with Gasteiger partial charge in [0, 0.05) is 19.4 Å². The maximum atomic E-state index is 14.5. The number of nitrogens with zero attached hydrogens (tertiary/aromatic N) is 1. The number of benzene rings is 3. The minimum Gasteiger partial charge on any atom is -0.508 e. The van der Waals surface area contributed by atoms with Crippen LogP contribution in [-0.4, -0.2) is 68.8 Å². The molecule has 0 saturated heterocycles. The minimum atomic E-state index is -1.28. The summed E-state index contributed by atoms with van der Waals surface area (Å²) >= 11 is 0. The largest absolute Gasteiger partial charge is 0.508 e. The molecule has 3 aromatic carbocycles. The van der Waals surface area contributed by atoms with Gasteiger partial charge in [-0.15, -0.1) is 0 Å². The van der Waals surface area contributed by atoms with Crippen LogP contribution in [0.5, 0.6) is 11.5 Å². The molecule has 3 unspecified atom stereocenters. The third kappa shape index (κ3) is 11.8. The minimum absolute atomic E-state index is 0.00444. The van der Waals surface area contributed by atoms with Crippen LogP contribution in [0.3, 0.4) is 0 Å². The number of alkyl carbamates (subject to hydrolysis) is 1. The Labute approximate surface area is 288 Å². The first-order valence-corrected chi connectivity index (χ1v) is 16.3. The van der Waals surface area contributed by atoms with Gasteiger partial charge in [-0.3, -0.25) is 9.59 Å². The van der Waals surface area contributed by atoms with Crippen molar-refractivity contribution in [2.45, 2.75) is 97.6 Å². The maximum Gasteiger partial charge on any atom is 0.408 e. The maximum absolute atomic E-state index is 14.5. The van der Waals surface area contributed by atoms with Gasteiger partial charge in [0.2, 0.25) is 11.8 Å². The van der Waals surface area contributed by atoms with E-state index in [1.165, 1.54) is 23.1 Å². The average Bonchev–Trinajstić information content (AvgIpc) is 3.00. The summed E-state index contributed by atoms with van der Waals surface area (Å²) < 4.78 is 11.1. The van der Waals surface area contributed by atoms with E-state index < -0.39 is 53.2 Å². The van der Waals surface area contributed by atoms with Crippen LogP contribution in [0, 0.1) is 6.92 Å². The fourth-order valence-electron chi connectivity index (χ4n) is 5.17. The lowest BCUT2D eigenvalue weighted by Gasteiger charge is -2.35. The van der Waals surface area contributed by atoms with Crippen molar-refractivity contribution in [1.29, 1.82) is 0 Å². The smallest absolute Gasteiger partial charge is 0.408 e. The number of hydrogen-bond donors (Lipinski definition) is 4. The lowest BCUT2D eigenvalue weighted by Crippen LogP contribution is -2.55. The Hall–Kier alpha value is -5.06. The number of nitrogens with one attached hydrogen (secondary N) is 2. The zero-order valence-corrected chi connectivity index (χ0v) is 29.6. The number of carbonyl (C=O) groups excluding carboxylic acids is 4. The van der Waals surface area contributed by atoms with E-state index in [0.29, 0.717) is 16.7 Å². The Bertz CT molecular complexity index is 1590. The lowest BCUT2D eigenvalue weighted by atomic mass is 9.98. The monoisotopic (exact) mass is 675 g/mol. The molecule has 264 valence electrons. The van der Waals surface area contributed by atoms with Crippen LogP contribution in [0.25, 0.3) is 0 Å². The Kier molecular flexibility index (Phi) is 12.8. The van der Waals surface area contributed by atoms with Gasteiger partial charge < -0.3 is 35.2 Å². The molecule has 3 amide bonds. The van der Waals surface area contributed by atoms with Gasteiger partial charge in [-0.25, -0.2) is 9.59 Å². The van der Waals surface area contributed by atoms with Crippen molar-refractivity contribution in [2.75, 3.05) is 6.54 Å². The van der Waals surface area contributed by atoms with Crippen LogP contribution >= 0.6 is 0 Å². The predicted molar refractivity (Wildman–Crippen MR) is 186 cm³/mol. The van der Waals surface area contributed by atoms with Crippen molar-refractivity contribution in [2.24, 2.45) is 0 Å². The molecule has 3 rings (SSSR count). The van der Waals surface area contributed by atoms with Crippen LogP contribution in [0.4, 0.5) is 4.79 Å². The molecule has 49 heavy (non-hydrogen) atoms. The summed E-state index contributed by atoms with van der Waals surface area (Å²) in [5, 5.41) is 25.6. The molecule has 3 atom stereocenters. The zero-order valence-electron chi connectivity index (χ0n) is 29.6. The van der Waals surface area contributed by atoms with Crippen LogP contribution in [0.2, 0.25) is 0 Å². The second kappa shape index (κ2) is 16.4. The van der Waals surface area contributed by atoms with E-state index in [1.807, 2.05) is 30.3 Å². The van der Waals surface area contributed by atoms with E-state index in [1.54, 1.807) is 79.7 Å². The fraction of sp³-hybridized carbons (Fsp3) is 0.421. The summed E-state index contributed by atoms with van der Waals surface area (Å²) in [6.45, 7) is 13.7. The quantitative estimate of drug-likeness (QED) is 0.184. The summed E-state index contributed by atoms with van der Waals surface area (Å²) in [7, 11) is 0. The lowest BCUT2D eigenvalue weighted by molar-refractivity contribution is -0.159. The highest BCUT2D eigenvalue weighted by Crippen LogP contribution is 2.28. The number of carbonyl (C=O) groups is 4. The standard InChI is InChI=1S/C38H49N3O8/c1-9-41(34(45)29(40-36(47)49-38(6,7)8)22-26-15-18-28(42)19-16-26)32(27-17-20-31(43)24(2)21-27)33(44)39-30(35(46)48-37(3,4)5)23-25-13-11-10-12-14-25/h10-21,29-30,32,42-43H,9,22-23H2,1-8H3,(H,39,44)(H,40,47). The number of phenolic OH excluding ortho intramolecular Hbond substituents is 2. The number of amides is 3. The third-order valence-electron chi connectivity index (χ3n) is 7.38. The molecule has 0 fully saturated rings. The van der Waals surface area contributed by atoms with Crippen LogP contribution in [0.1, 0.15) is 76.8 Å². The first-order valence-electron chi connectivity index (χ1n) is 16.3. The molecule has 0 aromatic heterocycles. The Morgan fingerprint density at radius 3 is 1.88 bits per heavy atom. The molecule has 0 aliphatic heterocycles. The molecule has 0 aliphatic carbocycles.